The Morgan fingerprint density at radius 1 is 1.24 bits per heavy atom. The summed E-state index contributed by atoms with van der Waals surface area (Å²) in [4.78, 5) is 15.1. The highest BCUT2D eigenvalue weighted by molar-refractivity contribution is 5.84. The zero-order valence-corrected chi connectivity index (χ0v) is 16.0. The molecule has 0 fully saturated rings. The number of benzene rings is 1. The number of nitrogens with zero attached hydrogens (tertiary/aromatic N) is 2. The molecular weight excluding hydrogens is 314 g/mol. The summed E-state index contributed by atoms with van der Waals surface area (Å²) in [5.41, 5.74) is 2.89. The number of rotatable bonds is 7. The van der Waals surface area contributed by atoms with Gasteiger partial charge in [0, 0.05) is 11.6 Å². The fourth-order valence-corrected chi connectivity index (χ4v) is 3.60. The molecule has 0 aliphatic rings. The summed E-state index contributed by atoms with van der Waals surface area (Å²) in [6.45, 7) is 7.82. The van der Waals surface area contributed by atoms with Crippen molar-refractivity contribution < 1.29 is 9.32 Å². The molecular formula is C20H29N3O2. The second kappa shape index (κ2) is 8.30. The Balaban J connectivity index is 2.19. The lowest BCUT2D eigenvalue weighted by atomic mass is 9.92. The molecule has 3 atom stereocenters. The van der Waals surface area contributed by atoms with E-state index in [9.17, 15) is 4.79 Å². The minimum atomic E-state index is -0.243. The molecule has 2 aromatic rings. The maximum Gasteiger partial charge on any atom is 0.228 e. The molecule has 0 saturated carbocycles. The van der Waals surface area contributed by atoms with Gasteiger partial charge in [-0.05, 0) is 46.9 Å². The van der Waals surface area contributed by atoms with E-state index < -0.39 is 0 Å². The summed E-state index contributed by atoms with van der Waals surface area (Å²) < 4.78 is 5.25. The zero-order valence-electron chi connectivity index (χ0n) is 16.0. The number of aromatic nitrogens is 1. The van der Waals surface area contributed by atoms with Crippen LogP contribution in [-0.2, 0) is 4.79 Å². The molecule has 0 aliphatic heterocycles. The third kappa shape index (κ3) is 4.28. The van der Waals surface area contributed by atoms with E-state index in [2.05, 4.69) is 34.4 Å². The molecule has 136 valence electrons. The third-order valence-electron chi connectivity index (χ3n) is 4.70. The van der Waals surface area contributed by atoms with E-state index in [1.54, 1.807) is 0 Å². The van der Waals surface area contributed by atoms with Crippen molar-refractivity contribution in [1.29, 1.82) is 0 Å². The van der Waals surface area contributed by atoms with E-state index in [0.29, 0.717) is 6.42 Å². The number of amides is 1. The molecule has 25 heavy (non-hydrogen) atoms. The van der Waals surface area contributed by atoms with Gasteiger partial charge in [0.15, 0.2) is 0 Å². The first-order chi connectivity index (χ1) is 11.9. The van der Waals surface area contributed by atoms with Crippen molar-refractivity contribution in [2.75, 3.05) is 14.1 Å². The Hall–Kier alpha value is -2.14. The Kier molecular flexibility index (Phi) is 6.37. The van der Waals surface area contributed by atoms with Crippen molar-refractivity contribution in [3.63, 3.8) is 0 Å². The molecule has 0 radical (unpaired) electrons. The van der Waals surface area contributed by atoms with E-state index in [-0.39, 0.29) is 23.9 Å². The van der Waals surface area contributed by atoms with Crippen LogP contribution < -0.4 is 5.32 Å². The predicted octanol–water partition coefficient (Wildman–Crippen LogP) is 3.59. The molecule has 1 amide bonds. The lowest BCUT2D eigenvalue weighted by molar-refractivity contribution is -0.123. The van der Waals surface area contributed by atoms with Crippen molar-refractivity contribution in [1.82, 2.24) is 15.4 Å². The Bertz CT molecular complexity index is 675. The Morgan fingerprint density at radius 2 is 1.88 bits per heavy atom. The van der Waals surface area contributed by atoms with Gasteiger partial charge in [0.1, 0.15) is 5.76 Å². The number of carbonyl (C=O) groups is 1. The minimum Gasteiger partial charge on any atom is -0.361 e. The number of carbonyl (C=O) groups excluding carboxylic acids is 1. The Morgan fingerprint density at radius 3 is 2.36 bits per heavy atom. The van der Waals surface area contributed by atoms with Crippen LogP contribution in [0.25, 0.3) is 0 Å². The van der Waals surface area contributed by atoms with Crippen LogP contribution in [0.5, 0.6) is 0 Å². The normalized spacial score (nSPS) is 15.0. The Labute approximate surface area is 150 Å². The second-order valence-electron chi connectivity index (χ2n) is 6.82. The van der Waals surface area contributed by atoms with Gasteiger partial charge in [-0.1, -0.05) is 42.4 Å². The molecule has 1 N–H and O–H groups in total. The highest BCUT2D eigenvalue weighted by Crippen LogP contribution is 2.28. The predicted molar refractivity (Wildman–Crippen MR) is 99.5 cm³/mol. The first kappa shape index (κ1) is 19.2. The van der Waals surface area contributed by atoms with Gasteiger partial charge in [0.25, 0.3) is 0 Å². The molecule has 0 bridgehead atoms. The molecule has 0 aliphatic carbocycles. The molecule has 1 aromatic heterocycles. The van der Waals surface area contributed by atoms with Crippen LogP contribution in [0, 0.1) is 13.8 Å². The van der Waals surface area contributed by atoms with Crippen LogP contribution in [0.3, 0.4) is 0 Å². The summed E-state index contributed by atoms with van der Waals surface area (Å²) in [6.07, 6.45) is 0.708. The molecule has 1 aromatic carbocycles. The van der Waals surface area contributed by atoms with Gasteiger partial charge in [-0.2, -0.15) is 0 Å². The van der Waals surface area contributed by atoms with Crippen LogP contribution in [0.1, 0.15) is 54.8 Å². The molecule has 0 saturated heterocycles. The number of hydrogen-bond acceptors (Lipinski definition) is 4. The molecule has 1 heterocycles. The van der Waals surface area contributed by atoms with Crippen molar-refractivity contribution >= 4 is 5.91 Å². The summed E-state index contributed by atoms with van der Waals surface area (Å²) in [5, 5.41) is 7.20. The summed E-state index contributed by atoms with van der Waals surface area (Å²) >= 11 is 0. The highest BCUT2D eigenvalue weighted by Gasteiger charge is 2.29. The maximum atomic E-state index is 12.9. The first-order valence-corrected chi connectivity index (χ1v) is 8.81. The monoisotopic (exact) mass is 343 g/mol. The van der Waals surface area contributed by atoms with Gasteiger partial charge in [-0.3, -0.25) is 4.79 Å². The molecule has 0 spiro atoms. The van der Waals surface area contributed by atoms with E-state index in [4.69, 9.17) is 4.52 Å². The summed E-state index contributed by atoms with van der Waals surface area (Å²) in [7, 11) is 4.07. The van der Waals surface area contributed by atoms with Crippen LogP contribution in [0.15, 0.2) is 34.9 Å². The fourth-order valence-electron chi connectivity index (χ4n) is 3.60. The largest absolute Gasteiger partial charge is 0.361 e. The van der Waals surface area contributed by atoms with Gasteiger partial charge < -0.3 is 14.7 Å². The molecule has 5 nitrogen and oxygen atoms in total. The quantitative estimate of drug-likeness (QED) is 0.834. The summed E-state index contributed by atoms with van der Waals surface area (Å²) in [6, 6.07) is 10.3. The highest BCUT2D eigenvalue weighted by atomic mass is 16.5. The van der Waals surface area contributed by atoms with Crippen LogP contribution in [0.2, 0.25) is 0 Å². The minimum absolute atomic E-state index is 0.0205. The number of likely N-dealkylation sites (N-methyl/N-ethyl adjacent to an activating group) is 1. The molecule has 5 heteroatoms. The molecule has 2 rings (SSSR count). The van der Waals surface area contributed by atoms with Gasteiger partial charge in [-0.25, -0.2) is 0 Å². The van der Waals surface area contributed by atoms with Gasteiger partial charge in [0.05, 0.1) is 17.7 Å². The summed E-state index contributed by atoms with van der Waals surface area (Å²) in [5.74, 6) is 0.499. The van der Waals surface area contributed by atoms with Crippen molar-refractivity contribution in [2.45, 2.75) is 52.1 Å². The lowest BCUT2D eigenvalue weighted by Gasteiger charge is -2.32. The van der Waals surface area contributed by atoms with Crippen LogP contribution >= 0.6 is 0 Å². The van der Waals surface area contributed by atoms with E-state index in [0.717, 1.165) is 17.0 Å². The standard InChI is InChI=1S/C20H29N3O2/c1-7-17(18-13(2)22-25-15(18)4)20(24)21-14(3)19(23(5)6)16-11-9-8-10-12-16/h8-12,14,17,19H,7H2,1-6H3,(H,21,24). The average Bonchev–Trinajstić information content (AvgIpc) is 2.89. The van der Waals surface area contributed by atoms with Crippen molar-refractivity contribution in [3.05, 3.63) is 52.9 Å². The van der Waals surface area contributed by atoms with E-state index in [1.807, 2.05) is 53.1 Å². The van der Waals surface area contributed by atoms with Crippen molar-refractivity contribution in [3.8, 4) is 0 Å². The first-order valence-electron chi connectivity index (χ1n) is 8.81. The van der Waals surface area contributed by atoms with Gasteiger partial charge in [-0.15, -0.1) is 0 Å². The van der Waals surface area contributed by atoms with E-state index >= 15 is 0 Å². The number of hydrogen-bond donors (Lipinski definition) is 1. The zero-order chi connectivity index (χ0) is 18.6. The third-order valence-corrected chi connectivity index (χ3v) is 4.70. The topological polar surface area (TPSA) is 58.4 Å². The SMILES string of the molecule is CCC(C(=O)NC(C)C(c1ccccc1)N(C)C)c1c(C)noc1C. The van der Waals surface area contributed by atoms with Gasteiger partial charge in [0.2, 0.25) is 5.91 Å². The average molecular weight is 343 g/mol. The van der Waals surface area contributed by atoms with Crippen molar-refractivity contribution in [2.24, 2.45) is 0 Å². The fraction of sp³-hybridized carbons (Fsp3) is 0.500. The van der Waals surface area contributed by atoms with E-state index in [1.165, 1.54) is 5.56 Å². The van der Waals surface area contributed by atoms with Gasteiger partial charge >= 0.3 is 0 Å². The smallest absolute Gasteiger partial charge is 0.228 e. The maximum absolute atomic E-state index is 12.9. The van der Waals surface area contributed by atoms with Crippen LogP contribution in [-0.4, -0.2) is 36.1 Å². The molecule has 3 unspecified atom stereocenters. The number of aryl methyl sites for hydroxylation is 2. The number of nitrogens with one attached hydrogen (secondary N) is 1. The second-order valence-corrected chi connectivity index (χ2v) is 6.82. The van der Waals surface area contributed by atoms with Crippen LogP contribution in [0.4, 0.5) is 0 Å². The lowest BCUT2D eigenvalue weighted by Crippen LogP contribution is -2.44.